The Kier molecular flexibility index (Phi) is 5.21. The summed E-state index contributed by atoms with van der Waals surface area (Å²) in [6.07, 6.45) is 0. The van der Waals surface area contributed by atoms with Gasteiger partial charge in [0.1, 0.15) is 4.88 Å². The van der Waals surface area contributed by atoms with E-state index in [0.717, 1.165) is 27.2 Å². The number of aryl methyl sites for hydroxylation is 1. The fourth-order valence-corrected chi connectivity index (χ4v) is 4.14. The maximum Gasteiger partial charge on any atom is 0.271 e. The van der Waals surface area contributed by atoms with E-state index in [4.69, 9.17) is 11.6 Å². The Morgan fingerprint density at radius 2 is 2.22 bits per heavy atom. The quantitative estimate of drug-likeness (QED) is 0.531. The zero-order valence-corrected chi connectivity index (χ0v) is 15.0. The van der Waals surface area contributed by atoms with Crippen LogP contribution in [0, 0.1) is 6.92 Å². The first kappa shape index (κ1) is 16.3. The van der Waals surface area contributed by atoms with Crippen LogP contribution >= 0.6 is 46.2 Å². The maximum atomic E-state index is 12.1. The molecule has 0 saturated heterocycles. The number of carbonyl (C=O) groups excluding carboxylic acids is 1. The SMILES string of the molecule is Cc1nnsc1C(=O)Nc1nnc(SCc2cccc(Cl)c2)s1. The summed E-state index contributed by atoms with van der Waals surface area (Å²) < 4.78 is 4.52. The van der Waals surface area contributed by atoms with Crippen molar-refractivity contribution in [2.24, 2.45) is 0 Å². The molecule has 2 heterocycles. The number of amides is 1. The number of benzene rings is 1. The molecule has 0 spiro atoms. The normalized spacial score (nSPS) is 10.7. The highest BCUT2D eigenvalue weighted by Crippen LogP contribution is 2.29. The van der Waals surface area contributed by atoms with Crippen molar-refractivity contribution in [3.05, 3.63) is 45.4 Å². The molecule has 0 saturated carbocycles. The van der Waals surface area contributed by atoms with Crippen molar-refractivity contribution in [3.63, 3.8) is 0 Å². The van der Waals surface area contributed by atoms with Gasteiger partial charge < -0.3 is 0 Å². The van der Waals surface area contributed by atoms with Gasteiger partial charge >= 0.3 is 0 Å². The fourth-order valence-electron chi connectivity index (χ4n) is 1.68. The topological polar surface area (TPSA) is 80.7 Å². The molecule has 10 heteroatoms. The molecule has 118 valence electrons. The number of nitrogens with one attached hydrogen (secondary N) is 1. The predicted molar refractivity (Wildman–Crippen MR) is 93.5 cm³/mol. The molecule has 0 aliphatic rings. The lowest BCUT2D eigenvalue weighted by atomic mass is 10.2. The van der Waals surface area contributed by atoms with E-state index in [-0.39, 0.29) is 5.91 Å². The number of halogens is 1. The van der Waals surface area contributed by atoms with Crippen LogP contribution in [0.5, 0.6) is 0 Å². The molecule has 0 radical (unpaired) electrons. The number of hydrogen-bond donors (Lipinski definition) is 1. The largest absolute Gasteiger partial charge is 0.296 e. The van der Waals surface area contributed by atoms with E-state index < -0.39 is 0 Å². The third-order valence-electron chi connectivity index (χ3n) is 2.74. The van der Waals surface area contributed by atoms with E-state index in [1.807, 2.05) is 24.3 Å². The second kappa shape index (κ2) is 7.35. The minimum Gasteiger partial charge on any atom is -0.296 e. The van der Waals surface area contributed by atoms with Crippen LogP contribution < -0.4 is 5.32 Å². The molecular weight excluding hydrogens is 374 g/mol. The van der Waals surface area contributed by atoms with Crippen molar-refractivity contribution in [2.75, 3.05) is 5.32 Å². The van der Waals surface area contributed by atoms with Crippen molar-refractivity contribution in [1.82, 2.24) is 19.8 Å². The van der Waals surface area contributed by atoms with Gasteiger partial charge in [-0.15, -0.1) is 15.3 Å². The van der Waals surface area contributed by atoms with Crippen LogP contribution in [0.15, 0.2) is 28.6 Å². The van der Waals surface area contributed by atoms with E-state index in [0.29, 0.717) is 20.7 Å². The molecule has 23 heavy (non-hydrogen) atoms. The van der Waals surface area contributed by atoms with Gasteiger partial charge in [-0.25, -0.2) is 0 Å². The van der Waals surface area contributed by atoms with Gasteiger partial charge in [0.15, 0.2) is 4.34 Å². The van der Waals surface area contributed by atoms with Crippen molar-refractivity contribution < 1.29 is 4.79 Å². The van der Waals surface area contributed by atoms with E-state index >= 15 is 0 Å². The van der Waals surface area contributed by atoms with Gasteiger partial charge in [0.2, 0.25) is 5.13 Å². The molecule has 1 N–H and O–H groups in total. The number of nitrogens with zero attached hydrogens (tertiary/aromatic N) is 4. The van der Waals surface area contributed by atoms with Gasteiger partial charge in [0.25, 0.3) is 5.91 Å². The number of hydrogen-bond acceptors (Lipinski definition) is 8. The standard InChI is InChI=1S/C13H10ClN5OS3/c1-7-10(23-19-16-7)11(20)15-12-17-18-13(22-12)21-6-8-3-2-4-9(14)5-8/h2-5H,6H2,1H3,(H,15,17,20). The summed E-state index contributed by atoms with van der Waals surface area (Å²) >= 11 is 9.89. The first-order valence-electron chi connectivity index (χ1n) is 6.43. The van der Waals surface area contributed by atoms with Crippen LogP contribution in [0.1, 0.15) is 20.9 Å². The Balaban J connectivity index is 1.60. The number of aromatic nitrogens is 4. The number of anilines is 1. The molecule has 3 rings (SSSR count). The molecule has 1 amide bonds. The van der Waals surface area contributed by atoms with Gasteiger partial charge in [0, 0.05) is 10.8 Å². The summed E-state index contributed by atoms with van der Waals surface area (Å²) in [4.78, 5) is 12.5. The van der Waals surface area contributed by atoms with E-state index in [1.165, 1.54) is 11.3 Å². The summed E-state index contributed by atoms with van der Waals surface area (Å²) in [6.45, 7) is 1.74. The number of thioether (sulfide) groups is 1. The first-order chi connectivity index (χ1) is 11.1. The highest BCUT2D eigenvalue weighted by Gasteiger charge is 2.15. The fraction of sp³-hybridized carbons (Fsp3) is 0.154. The lowest BCUT2D eigenvalue weighted by Gasteiger charge is -1.99. The zero-order valence-electron chi connectivity index (χ0n) is 11.8. The maximum absolute atomic E-state index is 12.1. The van der Waals surface area contributed by atoms with Gasteiger partial charge in [-0.1, -0.05) is 51.3 Å². The average molecular weight is 384 g/mol. The number of carbonyl (C=O) groups is 1. The minimum absolute atomic E-state index is 0.264. The summed E-state index contributed by atoms with van der Waals surface area (Å²) in [7, 11) is 0. The molecular formula is C13H10ClN5OS3. The summed E-state index contributed by atoms with van der Waals surface area (Å²) in [6, 6.07) is 7.67. The highest BCUT2D eigenvalue weighted by atomic mass is 35.5. The summed E-state index contributed by atoms with van der Waals surface area (Å²) in [5.41, 5.74) is 1.71. The molecule has 0 unspecified atom stereocenters. The minimum atomic E-state index is -0.264. The van der Waals surface area contributed by atoms with Crippen molar-refractivity contribution in [3.8, 4) is 0 Å². The molecule has 0 fully saturated rings. The molecule has 3 aromatic rings. The van der Waals surface area contributed by atoms with Gasteiger partial charge in [-0.3, -0.25) is 10.1 Å². The lowest BCUT2D eigenvalue weighted by molar-refractivity contribution is 0.102. The van der Waals surface area contributed by atoms with Crippen LogP contribution in [0.2, 0.25) is 5.02 Å². The lowest BCUT2D eigenvalue weighted by Crippen LogP contribution is -2.11. The van der Waals surface area contributed by atoms with E-state index in [2.05, 4.69) is 25.1 Å². The van der Waals surface area contributed by atoms with E-state index in [1.54, 1.807) is 18.7 Å². The van der Waals surface area contributed by atoms with Crippen LogP contribution in [0.25, 0.3) is 0 Å². The Bertz CT molecular complexity index is 834. The third kappa shape index (κ3) is 4.25. The van der Waals surface area contributed by atoms with Gasteiger partial charge in [0.05, 0.1) is 5.69 Å². The van der Waals surface area contributed by atoms with Crippen LogP contribution in [0.3, 0.4) is 0 Å². The second-order valence-electron chi connectivity index (χ2n) is 4.43. The Labute approximate surface area is 149 Å². The molecule has 6 nitrogen and oxygen atoms in total. The highest BCUT2D eigenvalue weighted by molar-refractivity contribution is 8.00. The Hall–Kier alpha value is -1.55. The van der Waals surface area contributed by atoms with E-state index in [9.17, 15) is 4.79 Å². The Morgan fingerprint density at radius 1 is 1.35 bits per heavy atom. The van der Waals surface area contributed by atoms with Gasteiger partial charge in [-0.2, -0.15) is 0 Å². The zero-order chi connectivity index (χ0) is 16.2. The Morgan fingerprint density at radius 3 is 2.96 bits per heavy atom. The summed E-state index contributed by atoms with van der Waals surface area (Å²) in [5, 5.41) is 15.7. The van der Waals surface area contributed by atoms with Crippen LogP contribution in [0.4, 0.5) is 5.13 Å². The molecule has 0 bridgehead atoms. The first-order valence-corrected chi connectivity index (χ1v) is 9.38. The van der Waals surface area contributed by atoms with Crippen LogP contribution in [-0.2, 0) is 5.75 Å². The van der Waals surface area contributed by atoms with Crippen LogP contribution in [-0.4, -0.2) is 25.7 Å². The smallest absolute Gasteiger partial charge is 0.271 e. The molecule has 0 aliphatic carbocycles. The predicted octanol–water partition coefficient (Wildman–Crippen LogP) is 3.90. The van der Waals surface area contributed by atoms with Crippen molar-refractivity contribution in [2.45, 2.75) is 17.0 Å². The van der Waals surface area contributed by atoms with Crippen molar-refractivity contribution >= 4 is 57.3 Å². The second-order valence-corrected chi connectivity index (χ2v) is 7.82. The average Bonchev–Trinajstić information content (AvgIpc) is 3.14. The number of rotatable bonds is 5. The molecule has 1 aromatic carbocycles. The third-order valence-corrected chi connectivity index (χ3v) is 5.84. The molecule has 0 aliphatic heterocycles. The monoisotopic (exact) mass is 383 g/mol. The molecule has 2 aromatic heterocycles. The molecule has 0 atom stereocenters. The van der Waals surface area contributed by atoms with Crippen molar-refractivity contribution in [1.29, 1.82) is 0 Å². The van der Waals surface area contributed by atoms with Gasteiger partial charge in [-0.05, 0) is 36.2 Å². The summed E-state index contributed by atoms with van der Waals surface area (Å²) in [5.74, 6) is 0.473.